The number of carbonyl (C=O) groups is 1. The van der Waals surface area contributed by atoms with Crippen molar-refractivity contribution in [3.63, 3.8) is 0 Å². The van der Waals surface area contributed by atoms with Crippen molar-refractivity contribution >= 4 is 29.3 Å². The van der Waals surface area contributed by atoms with Gasteiger partial charge in [0, 0.05) is 0 Å². The minimum absolute atomic E-state index is 0. The Morgan fingerprint density at radius 1 is 1.50 bits per heavy atom. The highest BCUT2D eigenvalue weighted by Gasteiger charge is 2.36. The third kappa shape index (κ3) is 2.97. The Hall–Kier alpha value is -0.770. The Morgan fingerprint density at radius 3 is 2.83 bits per heavy atom. The van der Waals surface area contributed by atoms with Gasteiger partial charge >= 0.3 is 0 Å². The highest BCUT2D eigenvalue weighted by molar-refractivity contribution is 6.65. The first-order valence-electron chi connectivity index (χ1n) is 5.78. The molecule has 0 bridgehead atoms. The molecular weight excluding hydrogens is 273 g/mol. The van der Waals surface area contributed by atoms with Crippen LogP contribution in [0.5, 0.6) is 5.75 Å². The monoisotopic (exact) mass is 289 g/mol. The summed E-state index contributed by atoms with van der Waals surface area (Å²) in [5.74, 6) is 0.817. The van der Waals surface area contributed by atoms with Crippen LogP contribution in [0.3, 0.4) is 0 Å². The van der Waals surface area contributed by atoms with Crippen molar-refractivity contribution in [2.24, 2.45) is 5.73 Å². The molecule has 3 nitrogen and oxygen atoms in total. The van der Waals surface area contributed by atoms with E-state index in [1.165, 1.54) is 5.56 Å². The quantitative estimate of drug-likeness (QED) is 0.870. The Kier molecular flexibility index (Phi) is 5.02. The maximum absolute atomic E-state index is 11.4. The lowest BCUT2D eigenvalue weighted by molar-refractivity contribution is -0.116. The zero-order chi connectivity index (χ0) is 12.5. The van der Waals surface area contributed by atoms with Crippen molar-refractivity contribution in [1.29, 1.82) is 0 Å². The van der Waals surface area contributed by atoms with Crippen molar-refractivity contribution in [2.75, 3.05) is 6.61 Å². The molecule has 1 aliphatic rings. The van der Waals surface area contributed by atoms with Gasteiger partial charge in [-0.1, -0.05) is 6.07 Å². The second kappa shape index (κ2) is 5.91. The Morgan fingerprint density at radius 2 is 2.22 bits per heavy atom. The van der Waals surface area contributed by atoms with E-state index in [0.29, 0.717) is 19.4 Å². The topological polar surface area (TPSA) is 52.3 Å². The van der Waals surface area contributed by atoms with Gasteiger partial charge < -0.3 is 10.5 Å². The molecule has 0 aliphatic heterocycles. The Labute approximate surface area is 118 Å². The van der Waals surface area contributed by atoms with E-state index in [9.17, 15) is 4.79 Å². The number of hydrogen-bond acceptors (Lipinski definition) is 3. The van der Waals surface area contributed by atoms with Crippen molar-refractivity contribution < 1.29 is 9.53 Å². The predicted molar refractivity (Wildman–Crippen MR) is 74.7 cm³/mol. The van der Waals surface area contributed by atoms with Crippen LogP contribution < -0.4 is 10.5 Å². The fourth-order valence-electron chi connectivity index (χ4n) is 2.22. The van der Waals surface area contributed by atoms with E-state index in [0.717, 1.165) is 17.7 Å². The van der Waals surface area contributed by atoms with E-state index < -0.39 is 10.8 Å². The first-order valence-corrected chi connectivity index (χ1v) is 6.16. The van der Waals surface area contributed by atoms with Crippen LogP contribution in [0.15, 0.2) is 18.2 Å². The largest absolute Gasteiger partial charge is 0.494 e. The first-order chi connectivity index (χ1) is 8.05. The number of benzene rings is 1. The minimum Gasteiger partial charge on any atom is -0.494 e. The van der Waals surface area contributed by atoms with E-state index in [2.05, 4.69) is 0 Å². The number of aryl methyl sites for hydroxylation is 1. The van der Waals surface area contributed by atoms with Crippen molar-refractivity contribution in [3.05, 3.63) is 29.3 Å². The van der Waals surface area contributed by atoms with E-state index >= 15 is 0 Å². The van der Waals surface area contributed by atoms with Crippen molar-refractivity contribution in [2.45, 2.75) is 31.7 Å². The average molecular weight is 290 g/mol. The molecule has 0 aromatic heterocycles. The third-order valence-corrected chi connectivity index (χ3v) is 3.60. The lowest BCUT2D eigenvalue weighted by atomic mass is 9.79. The van der Waals surface area contributed by atoms with Gasteiger partial charge in [0.1, 0.15) is 5.75 Å². The van der Waals surface area contributed by atoms with Gasteiger partial charge in [0.2, 0.25) is 5.24 Å². The molecule has 0 spiro atoms. The van der Waals surface area contributed by atoms with Gasteiger partial charge in [-0.15, -0.1) is 12.4 Å². The number of halogens is 2. The second-order valence-electron chi connectivity index (χ2n) is 4.47. The highest BCUT2D eigenvalue weighted by atomic mass is 35.5. The van der Waals surface area contributed by atoms with Gasteiger partial charge in [0.15, 0.2) is 0 Å². The number of carbonyl (C=O) groups excluding carboxylic acids is 1. The number of nitrogens with two attached hydrogens (primary N) is 1. The standard InChI is InChI=1S/C13H16ClNO2.ClH/c1-2-17-11-4-3-9-5-6-13(15,12(14)16)8-10(9)7-11;/h3-4,7H,2,5-6,8,15H2,1H3;1H. The lowest BCUT2D eigenvalue weighted by Crippen LogP contribution is -2.50. The van der Waals surface area contributed by atoms with Gasteiger partial charge in [-0.2, -0.15) is 0 Å². The third-order valence-electron chi connectivity index (χ3n) is 3.23. The van der Waals surface area contributed by atoms with Gasteiger partial charge in [-0.25, -0.2) is 0 Å². The van der Waals surface area contributed by atoms with E-state index in [1.54, 1.807) is 0 Å². The SMILES string of the molecule is CCOc1ccc2c(c1)CC(N)(C(=O)Cl)CC2.Cl. The normalized spacial score (nSPS) is 21.7. The maximum Gasteiger partial charge on any atom is 0.241 e. The van der Waals surface area contributed by atoms with Crippen LogP contribution in [0.1, 0.15) is 24.5 Å². The summed E-state index contributed by atoms with van der Waals surface area (Å²) in [7, 11) is 0. The summed E-state index contributed by atoms with van der Waals surface area (Å²) in [5.41, 5.74) is 7.40. The molecule has 0 radical (unpaired) electrons. The lowest BCUT2D eigenvalue weighted by Gasteiger charge is -2.31. The smallest absolute Gasteiger partial charge is 0.241 e. The van der Waals surface area contributed by atoms with Gasteiger partial charge in [0.05, 0.1) is 12.1 Å². The fraction of sp³-hybridized carbons (Fsp3) is 0.462. The van der Waals surface area contributed by atoms with Crippen LogP contribution in [0.4, 0.5) is 0 Å². The Balaban J connectivity index is 0.00000162. The summed E-state index contributed by atoms with van der Waals surface area (Å²) in [5, 5.41) is -0.454. The number of ether oxygens (including phenoxy) is 1. The molecule has 2 rings (SSSR count). The van der Waals surface area contributed by atoms with E-state index in [-0.39, 0.29) is 12.4 Å². The molecule has 0 saturated heterocycles. The fourth-order valence-corrected chi connectivity index (χ4v) is 2.38. The molecule has 1 aliphatic carbocycles. The molecule has 0 saturated carbocycles. The summed E-state index contributed by atoms with van der Waals surface area (Å²) >= 11 is 5.57. The molecule has 0 fully saturated rings. The maximum atomic E-state index is 11.4. The van der Waals surface area contributed by atoms with Crippen molar-refractivity contribution in [1.82, 2.24) is 0 Å². The average Bonchev–Trinajstić information content (AvgIpc) is 2.29. The molecule has 1 aromatic carbocycles. The molecular formula is C13H17Cl2NO2. The molecule has 100 valence electrons. The molecule has 2 N–H and O–H groups in total. The summed E-state index contributed by atoms with van der Waals surface area (Å²) < 4.78 is 5.44. The number of rotatable bonds is 3. The second-order valence-corrected chi connectivity index (χ2v) is 4.81. The van der Waals surface area contributed by atoms with Crippen LogP contribution >= 0.6 is 24.0 Å². The number of fused-ring (bicyclic) bond motifs is 1. The summed E-state index contributed by atoms with van der Waals surface area (Å²) in [4.78, 5) is 11.4. The first kappa shape index (κ1) is 15.3. The molecule has 18 heavy (non-hydrogen) atoms. The number of hydrogen-bond donors (Lipinski definition) is 1. The van der Waals surface area contributed by atoms with Crippen LogP contribution in [0.2, 0.25) is 0 Å². The molecule has 1 aromatic rings. The summed E-state index contributed by atoms with van der Waals surface area (Å²) in [6, 6.07) is 5.95. The van der Waals surface area contributed by atoms with Crippen molar-refractivity contribution in [3.8, 4) is 5.75 Å². The Bertz CT molecular complexity index is 451. The summed E-state index contributed by atoms with van der Waals surface area (Å²) in [6.07, 6.45) is 1.89. The van der Waals surface area contributed by atoms with E-state index in [1.807, 2.05) is 25.1 Å². The van der Waals surface area contributed by atoms with Gasteiger partial charge in [0.25, 0.3) is 0 Å². The zero-order valence-corrected chi connectivity index (χ0v) is 11.8. The van der Waals surface area contributed by atoms with E-state index in [4.69, 9.17) is 22.1 Å². The molecule has 0 heterocycles. The van der Waals surface area contributed by atoms with Crippen LogP contribution in [-0.2, 0) is 17.6 Å². The molecule has 5 heteroatoms. The predicted octanol–water partition coefficient (Wildman–Crippen LogP) is 2.46. The molecule has 0 amide bonds. The van der Waals surface area contributed by atoms with Gasteiger partial charge in [-0.05, 0) is 61.0 Å². The zero-order valence-electron chi connectivity index (χ0n) is 10.2. The van der Waals surface area contributed by atoms with Crippen LogP contribution in [-0.4, -0.2) is 17.4 Å². The van der Waals surface area contributed by atoms with Crippen LogP contribution in [0.25, 0.3) is 0 Å². The van der Waals surface area contributed by atoms with Gasteiger partial charge in [-0.3, -0.25) is 4.79 Å². The van der Waals surface area contributed by atoms with Crippen LogP contribution in [0, 0.1) is 0 Å². The minimum atomic E-state index is -0.917. The molecule has 1 atom stereocenters. The highest BCUT2D eigenvalue weighted by Crippen LogP contribution is 2.31. The molecule has 1 unspecified atom stereocenters. The summed E-state index contributed by atoms with van der Waals surface area (Å²) in [6.45, 7) is 2.57.